The molecule has 59 heavy (non-hydrogen) atoms. The number of aromatic nitrogens is 7. The first-order chi connectivity index (χ1) is 28.7. The van der Waals surface area contributed by atoms with Gasteiger partial charge in [-0.25, -0.2) is 9.67 Å². The first-order valence-electron chi connectivity index (χ1n) is 20.6. The van der Waals surface area contributed by atoms with E-state index in [1.54, 1.807) is 31.5 Å². The number of carbonyl (C=O) groups excluding carboxylic acids is 3. The van der Waals surface area contributed by atoms with Crippen LogP contribution in [0.1, 0.15) is 92.4 Å². The van der Waals surface area contributed by atoms with Gasteiger partial charge < -0.3 is 24.8 Å². The van der Waals surface area contributed by atoms with E-state index >= 15 is 0 Å². The number of piperidine rings is 1. The molecule has 3 aliphatic heterocycles. The number of hydrogen-bond acceptors (Lipinski definition) is 13. The predicted octanol–water partition coefficient (Wildman–Crippen LogP) is 4.62. The minimum atomic E-state index is -0.823. The summed E-state index contributed by atoms with van der Waals surface area (Å²) in [7, 11) is 1.58. The number of fused-ring (bicyclic) bond motifs is 4. The van der Waals surface area contributed by atoms with E-state index in [1.807, 2.05) is 36.2 Å². The number of ether oxygens (including phenoxy) is 1. The number of methoxy groups -OCH3 is 1. The summed E-state index contributed by atoms with van der Waals surface area (Å²) in [6.07, 6.45) is 10.9. The summed E-state index contributed by atoms with van der Waals surface area (Å²) in [5.41, 5.74) is 2.55. The van der Waals surface area contributed by atoms with Crippen LogP contribution in [0.15, 0.2) is 53.6 Å². The third-order valence-electron chi connectivity index (χ3n) is 12.3. The minimum Gasteiger partial charge on any atom is -0.495 e. The lowest BCUT2D eigenvalue weighted by atomic mass is 9.88. The largest absolute Gasteiger partial charge is 0.495 e. The molecule has 2 N–H and O–H groups in total. The molecule has 6 heterocycles. The van der Waals surface area contributed by atoms with Crippen molar-refractivity contribution in [1.82, 2.24) is 44.7 Å². The number of benzene rings is 2. The van der Waals surface area contributed by atoms with Crippen molar-refractivity contribution >= 4 is 51.6 Å². The molecule has 5 aromatic rings. The highest BCUT2D eigenvalue weighted by molar-refractivity contribution is 5.99. The van der Waals surface area contributed by atoms with Crippen LogP contribution in [0.4, 0.5) is 23.1 Å². The molecule has 17 nitrogen and oxygen atoms in total. The topological polar surface area (TPSA) is 186 Å². The Bertz CT molecular complexity index is 2500. The molecule has 3 amide bonds. The molecule has 3 aromatic heterocycles. The zero-order chi connectivity index (χ0) is 40.8. The first-order valence-corrected chi connectivity index (χ1v) is 20.6. The number of anilines is 4. The van der Waals surface area contributed by atoms with Crippen LogP contribution in [0.3, 0.4) is 0 Å². The van der Waals surface area contributed by atoms with Gasteiger partial charge in [0.15, 0.2) is 11.6 Å². The molecule has 4 aliphatic rings. The van der Waals surface area contributed by atoms with Gasteiger partial charge in [-0.3, -0.25) is 29.1 Å². The van der Waals surface area contributed by atoms with Crippen molar-refractivity contribution in [3.63, 3.8) is 0 Å². The lowest BCUT2D eigenvalue weighted by molar-refractivity contribution is -0.136. The maximum atomic E-state index is 13.8. The number of aryl methyl sites for hydroxylation is 1. The Labute approximate surface area is 340 Å². The van der Waals surface area contributed by atoms with Gasteiger partial charge in [0.1, 0.15) is 23.3 Å². The average Bonchev–Trinajstić information content (AvgIpc) is 3.65. The molecule has 0 radical (unpaired) electrons. The fraction of sp³-hybridized carbons (Fsp3) is 0.452. The van der Waals surface area contributed by atoms with Gasteiger partial charge >= 0.3 is 0 Å². The molecule has 1 aliphatic carbocycles. The summed E-state index contributed by atoms with van der Waals surface area (Å²) in [5.74, 6) is 3.14. The Morgan fingerprint density at radius 2 is 1.78 bits per heavy atom. The number of amides is 3. The van der Waals surface area contributed by atoms with Gasteiger partial charge in [0.2, 0.25) is 11.9 Å². The van der Waals surface area contributed by atoms with Crippen LogP contribution in [0.25, 0.3) is 16.5 Å². The Balaban J connectivity index is 0.885. The molecule has 0 spiro atoms. The van der Waals surface area contributed by atoms with Crippen LogP contribution >= 0.6 is 0 Å². The third-order valence-corrected chi connectivity index (χ3v) is 12.3. The molecular formula is C42H48N12O5. The van der Waals surface area contributed by atoms with Crippen LogP contribution < -0.4 is 30.7 Å². The second-order valence-electron chi connectivity index (χ2n) is 15.9. The number of nitrogens with zero attached hydrogens (tertiary/aromatic N) is 10. The van der Waals surface area contributed by atoms with Crippen LogP contribution in [-0.4, -0.2) is 97.0 Å². The maximum absolute atomic E-state index is 13.8. The monoisotopic (exact) mass is 800 g/mol. The van der Waals surface area contributed by atoms with E-state index in [2.05, 4.69) is 47.2 Å². The number of nitrogens with one attached hydrogen (secondary N) is 2. The SMILES string of the molecule is CC[C@@H]1c2nnc(C)n2-c2cnc(Nc3ccc(C(=O)N4CCN(c5ccc6c(=O)n(C7CCC(=O)NC7=O)ncc6c5)CC4)cc3OC)nc2N1CC1CCCCC1. The summed E-state index contributed by atoms with van der Waals surface area (Å²) < 4.78 is 9.04. The summed E-state index contributed by atoms with van der Waals surface area (Å²) >= 11 is 0. The molecule has 3 fully saturated rings. The Hall–Kier alpha value is -6.39. The van der Waals surface area contributed by atoms with E-state index in [0.717, 1.165) is 46.5 Å². The first kappa shape index (κ1) is 38.1. The molecule has 2 saturated heterocycles. The van der Waals surface area contributed by atoms with Gasteiger partial charge in [0, 0.05) is 55.8 Å². The van der Waals surface area contributed by atoms with Crippen molar-refractivity contribution in [2.75, 3.05) is 55.0 Å². The highest BCUT2D eigenvalue weighted by atomic mass is 16.5. The van der Waals surface area contributed by atoms with Crippen LogP contribution in [-0.2, 0) is 9.59 Å². The smallest absolute Gasteiger partial charge is 0.275 e. The van der Waals surface area contributed by atoms with E-state index in [1.165, 1.54) is 32.1 Å². The van der Waals surface area contributed by atoms with Crippen LogP contribution in [0.5, 0.6) is 5.75 Å². The van der Waals surface area contributed by atoms with E-state index in [-0.39, 0.29) is 36.3 Å². The van der Waals surface area contributed by atoms with Crippen LogP contribution in [0.2, 0.25) is 0 Å². The van der Waals surface area contributed by atoms with Crippen molar-refractivity contribution < 1.29 is 19.1 Å². The molecule has 1 unspecified atom stereocenters. The fourth-order valence-electron chi connectivity index (χ4n) is 9.12. The third kappa shape index (κ3) is 7.12. The lowest BCUT2D eigenvalue weighted by Gasteiger charge is -2.39. The van der Waals surface area contributed by atoms with E-state index in [9.17, 15) is 19.2 Å². The van der Waals surface area contributed by atoms with Gasteiger partial charge in [-0.15, -0.1) is 10.2 Å². The summed E-state index contributed by atoms with van der Waals surface area (Å²) in [6, 6.07) is 10.1. The molecule has 306 valence electrons. The van der Waals surface area contributed by atoms with Gasteiger partial charge in [0.05, 0.1) is 36.6 Å². The number of hydrogen-bond donors (Lipinski definition) is 2. The van der Waals surface area contributed by atoms with E-state index in [0.29, 0.717) is 65.8 Å². The number of piperazine rings is 1. The molecule has 17 heteroatoms. The van der Waals surface area contributed by atoms with Crippen molar-refractivity contribution in [3.05, 3.63) is 76.4 Å². The second kappa shape index (κ2) is 15.8. The fourth-order valence-corrected chi connectivity index (χ4v) is 9.12. The Morgan fingerprint density at radius 1 is 0.966 bits per heavy atom. The van der Waals surface area contributed by atoms with E-state index in [4.69, 9.17) is 14.7 Å². The number of imide groups is 1. The molecule has 9 rings (SSSR count). The Kier molecular flexibility index (Phi) is 10.2. The predicted molar refractivity (Wildman–Crippen MR) is 220 cm³/mol. The number of carbonyl (C=O) groups is 3. The second-order valence-corrected chi connectivity index (χ2v) is 15.9. The van der Waals surface area contributed by atoms with Crippen molar-refractivity contribution in [2.24, 2.45) is 5.92 Å². The minimum absolute atomic E-state index is 0.0493. The maximum Gasteiger partial charge on any atom is 0.275 e. The molecule has 1 saturated carbocycles. The zero-order valence-corrected chi connectivity index (χ0v) is 33.6. The summed E-state index contributed by atoms with van der Waals surface area (Å²) in [5, 5.41) is 20.1. The normalized spacial score (nSPS) is 19.7. The molecule has 0 bridgehead atoms. The Morgan fingerprint density at radius 3 is 2.54 bits per heavy atom. The highest BCUT2D eigenvalue weighted by Crippen LogP contribution is 2.41. The highest BCUT2D eigenvalue weighted by Gasteiger charge is 2.36. The van der Waals surface area contributed by atoms with Crippen molar-refractivity contribution in [1.29, 1.82) is 0 Å². The van der Waals surface area contributed by atoms with E-state index < -0.39 is 11.9 Å². The average molecular weight is 801 g/mol. The van der Waals surface area contributed by atoms with Crippen molar-refractivity contribution in [3.8, 4) is 11.4 Å². The number of rotatable bonds is 9. The van der Waals surface area contributed by atoms with Gasteiger partial charge in [-0.2, -0.15) is 10.1 Å². The lowest BCUT2D eigenvalue weighted by Crippen LogP contribution is -2.48. The van der Waals surface area contributed by atoms with Gasteiger partial charge in [-0.05, 0) is 74.9 Å². The molecular weight excluding hydrogens is 753 g/mol. The molecule has 2 atom stereocenters. The molecule has 2 aromatic carbocycles. The van der Waals surface area contributed by atoms with Gasteiger partial charge in [0.25, 0.3) is 17.4 Å². The standard InChI is InChI=1S/C42H48N12O5/c1-4-32-38-49-48-25(2)53(38)34-23-43-42(47-37(34)52(32)24-26-8-6-5-7-9-26)45-31-13-10-27(21-35(31)59-3)40(57)51-18-16-50(17-19-51)29-11-12-30-28(20-29)22-44-54(41(30)58)33-14-15-36(55)46-39(33)56/h10-13,20-23,26,32-33H,4-9,14-19,24H2,1-3H3,(H,43,45,47)(H,46,55,56)/t32-,33?/m1/s1. The quantitative estimate of drug-likeness (QED) is 0.197. The summed E-state index contributed by atoms with van der Waals surface area (Å²) in [4.78, 5) is 67.3. The van der Waals surface area contributed by atoms with Crippen molar-refractivity contribution in [2.45, 2.75) is 77.3 Å². The van der Waals surface area contributed by atoms with Crippen LogP contribution in [0, 0.1) is 12.8 Å². The summed E-state index contributed by atoms with van der Waals surface area (Å²) in [6.45, 7) is 7.24. The van der Waals surface area contributed by atoms with Gasteiger partial charge in [-0.1, -0.05) is 26.2 Å². The zero-order valence-electron chi connectivity index (χ0n) is 33.6.